The normalized spacial score (nSPS) is 25.8. The molecule has 0 aromatic heterocycles. The van der Waals surface area contributed by atoms with Gasteiger partial charge in [0.05, 0.1) is 18.6 Å². The minimum Gasteiger partial charge on any atom is -0.482 e. The van der Waals surface area contributed by atoms with E-state index in [1.165, 1.54) is 5.56 Å². The molecule has 0 amide bonds. The van der Waals surface area contributed by atoms with Crippen LogP contribution in [0.3, 0.4) is 0 Å². The zero-order valence-corrected chi connectivity index (χ0v) is 17.5. The van der Waals surface area contributed by atoms with E-state index in [0.717, 1.165) is 44.1 Å². The summed E-state index contributed by atoms with van der Waals surface area (Å²) in [6.07, 6.45) is 3.84. The van der Waals surface area contributed by atoms with Crippen molar-refractivity contribution in [2.45, 2.75) is 64.1 Å². The summed E-state index contributed by atoms with van der Waals surface area (Å²) >= 11 is 0. The molecule has 1 saturated carbocycles. The monoisotopic (exact) mass is 420 g/mol. The van der Waals surface area contributed by atoms with E-state index in [4.69, 9.17) is 14.6 Å². The van der Waals surface area contributed by atoms with Crippen LogP contribution in [0.1, 0.15) is 50.2 Å². The molecule has 0 unspecified atom stereocenters. The Hall–Kier alpha value is -2.12. The maximum absolute atomic E-state index is 11.8. The summed E-state index contributed by atoms with van der Waals surface area (Å²) in [4.78, 5) is 22.3. The van der Waals surface area contributed by atoms with Gasteiger partial charge < -0.3 is 24.8 Å². The molecular formula is C23H32O7. The van der Waals surface area contributed by atoms with E-state index < -0.39 is 11.9 Å². The molecule has 1 aromatic carbocycles. The molecule has 1 fully saturated rings. The number of carboxylic acid groups (broad SMARTS) is 1. The summed E-state index contributed by atoms with van der Waals surface area (Å²) in [5.41, 5.74) is 2.27. The zero-order valence-electron chi connectivity index (χ0n) is 17.5. The number of hydrogen-bond acceptors (Lipinski definition) is 6. The van der Waals surface area contributed by atoms with Crippen LogP contribution in [-0.2, 0) is 27.2 Å². The second-order valence-electron chi connectivity index (χ2n) is 8.49. The first kappa shape index (κ1) is 22.6. The summed E-state index contributed by atoms with van der Waals surface area (Å²) in [5, 5.41) is 29.1. The fraction of sp³-hybridized carbons (Fsp3) is 0.652. The number of ether oxygens (including phenoxy) is 2. The maximum atomic E-state index is 11.8. The lowest BCUT2D eigenvalue weighted by Gasteiger charge is -2.32. The lowest BCUT2D eigenvalue weighted by atomic mass is 9.73. The molecular weight excluding hydrogens is 388 g/mol. The molecule has 1 aromatic rings. The predicted octanol–water partition coefficient (Wildman–Crippen LogP) is 2.35. The lowest BCUT2D eigenvalue weighted by molar-refractivity contribution is -0.148. The highest BCUT2D eigenvalue weighted by atomic mass is 16.6. The minimum absolute atomic E-state index is 0.166. The molecule has 0 heterocycles. The van der Waals surface area contributed by atoms with Gasteiger partial charge in [0.1, 0.15) is 12.4 Å². The van der Waals surface area contributed by atoms with E-state index in [1.807, 2.05) is 19.1 Å². The molecule has 2 aliphatic carbocycles. The van der Waals surface area contributed by atoms with Gasteiger partial charge in [-0.3, -0.25) is 4.79 Å². The third-order valence-corrected chi connectivity index (χ3v) is 6.57. The van der Waals surface area contributed by atoms with Gasteiger partial charge in [-0.15, -0.1) is 0 Å². The highest BCUT2D eigenvalue weighted by molar-refractivity contribution is 5.72. The highest BCUT2D eigenvalue weighted by Gasteiger charge is 2.44. The Morgan fingerprint density at radius 2 is 2.07 bits per heavy atom. The Morgan fingerprint density at radius 1 is 1.27 bits per heavy atom. The molecule has 0 aliphatic heterocycles. The van der Waals surface area contributed by atoms with Crippen molar-refractivity contribution < 1.29 is 34.4 Å². The largest absolute Gasteiger partial charge is 0.482 e. The van der Waals surface area contributed by atoms with Gasteiger partial charge in [0, 0.05) is 0 Å². The van der Waals surface area contributed by atoms with Gasteiger partial charge >= 0.3 is 11.9 Å². The van der Waals surface area contributed by atoms with Gasteiger partial charge in [-0.2, -0.15) is 0 Å². The molecule has 0 spiro atoms. The van der Waals surface area contributed by atoms with Gasteiger partial charge in [-0.25, -0.2) is 4.79 Å². The van der Waals surface area contributed by atoms with E-state index in [2.05, 4.69) is 6.07 Å². The van der Waals surface area contributed by atoms with Crippen molar-refractivity contribution in [2.24, 2.45) is 17.8 Å². The molecule has 3 rings (SSSR count). The van der Waals surface area contributed by atoms with Crippen molar-refractivity contribution >= 4 is 11.9 Å². The van der Waals surface area contributed by atoms with E-state index in [1.54, 1.807) is 0 Å². The summed E-state index contributed by atoms with van der Waals surface area (Å²) in [6.45, 7) is 1.55. The highest BCUT2D eigenvalue weighted by Crippen LogP contribution is 2.48. The predicted molar refractivity (Wildman–Crippen MR) is 109 cm³/mol. The third-order valence-electron chi connectivity index (χ3n) is 6.57. The molecule has 166 valence electrons. The molecule has 0 saturated heterocycles. The quantitative estimate of drug-likeness (QED) is 0.498. The van der Waals surface area contributed by atoms with Crippen LogP contribution in [0, 0.1) is 17.8 Å². The van der Waals surface area contributed by atoms with Crippen LogP contribution in [-0.4, -0.2) is 52.7 Å². The smallest absolute Gasteiger partial charge is 0.344 e. The number of esters is 1. The van der Waals surface area contributed by atoms with Crippen LogP contribution in [0.4, 0.5) is 0 Å². The number of aliphatic hydroxyl groups excluding tert-OH is 2. The Labute approximate surface area is 177 Å². The summed E-state index contributed by atoms with van der Waals surface area (Å²) in [7, 11) is 0. The summed E-state index contributed by atoms with van der Waals surface area (Å²) < 4.78 is 10.6. The Morgan fingerprint density at radius 3 is 2.80 bits per heavy atom. The van der Waals surface area contributed by atoms with Crippen molar-refractivity contribution in [3.63, 3.8) is 0 Å². The van der Waals surface area contributed by atoms with E-state index >= 15 is 0 Å². The number of benzene rings is 1. The third kappa shape index (κ3) is 5.52. The van der Waals surface area contributed by atoms with Crippen molar-refractivity contribution in [2.75, 3.05) is 13.2 Å². The molecule has 30 heavy (non-hydrogen) atoms. The van der Waals surface area contributed by atoms with Crippen LogP contribution in [0.5, 0.6) is 5.75 Å². The minimum atomic E-state index is -1.02. The van der Waals surface area contributed by atoms with Crippen LogP contribution in [0.25, 0.3) is 0 Å². The molecule has 5 atom stereocenters. The van der Waals surface area contributed by atoms with Crippen molar-refractivity contribution in [1.82, 2.24) is 0 Å². The first-order valence-electron chi connectivity index (χ1n) is 10.9. The van der Waals surface area contributed by atoms with Gasteiger partial charge in [0.25, 0.3) is 0 Å². The number of carbonyl (C=O) groups excluding carboxylic acids is 1. The SMILES string of the molecule is CC[C@H](O)CC[C@@H]1[C@H]2Cc3cccc(OCC(=O)OCCC(=O)O)c3C[C@H]2C[C@H]1O. The topological polar surface area (TPSA) is 113 Å². The van der Waals surface area contributed by atoms with E-state index in [0.29, 0.717) is 17.6 Å². The van der Waals surface area contributed by atoms with Crippen molar-refractivity contribution in [3.8, 4) is 5.75 Å². The average Bonchev–Trinajstić information content (AvgIpc) is 3.02. The number of aliphatic carboxylic acids is 1. The molecule has 0 bridgehead atoms. The van der Waals surface area contributed by atoms with Gasteiger partial charge in [0.15, 0.2) is 6.61 Å². The summed E-state index contributed by atoms with van der Waals surface area (Å²) in [5.74, 6) is 0.0139. The number of carboxylic acids is 1. The average molecular weight is 421 g/mol. The maximum Gasteiger partial charge on any atom is 0.344 e. The second kappa shape index (κ2) is 10.3. The molecule has 7 nitrogen and oxygen atoms in total. The summed E-state index contributed by atoms with van der Waals surface area (Å²) in [6, 6.07) is 5.82. The Kier molecular flexibility index (Phi) is 7.72. The van der Waals surface area contributed by atoms with Gasteiger partial charge in [0.2, 0.25) is 0 Å². The van der Waals surface area contributed by atoms with Crippen LogP contribution < -0.4 is 4.74 Å². The number of carbonyl (C=O) groups is 2. The van der Waals surface area contributed by atoms with Crippen molar-refractivity contribution in [1.29, 1.82) is 0 Å². The van der Waals surface area contributed by atoms with Gasteiger partial charge in [-0.05, 0) is 73.5 Å². The van der Waals surface area contributed by atoms with Crippen LogP contribution in [0.2, 0.25) is 0 Å². The van der Waals surface area contributed by atoms with Crippen molar-refractivity contribution in [3.05, 3.63) is 29.3 Å². The number of aliphatic hydroxyl groups is 2. The fourth-order valence-electron chi connectivity index (χ4n) is 4.96. The second-order valence-corrected chi connectivity index (χ2v) is 8.49. The standard InChI is InChI=1S/C23H32O7/c1-2-16(24)6-7-17-18-10-14-4-3-5-21(19(14)11-15(18)12-20(17)25)30-13-23(28)29-9-8-22(26)27/h3-5,15-18,20,24-25H,2,6-13H2,1H3,(H,26,27)/t15-,16-,17+,18-,20+/m0/s1. The molecule has 7 heteroatoms. The van der Waals surface area contributed by atoms with Crippen LogP contribution >= 0.6 is 0 Å². The van der Waals surface area contributed by atoms with Gasteiger partial charge in [-0.1, -0.05) is 19.1 Å². The van der Waals surface area contributed by atoms with E-state index in [9.17, 15) is 19.8 Å². The Balaban J connectivity index is 1.61. The van der Waals surface area contributed by atoms with Crippen LogP contribution in [0.15, 0.2) is 18.2 Å². The zero-order chi connectivity index (χ0) is 21.7. The molecule has 2 aliphatic rings. The first-order chi connectivity index (χ1) is 14.4. The molecule has 3 N–H and O–H groups in total. The number of rotatable bonds is 10. The Bertz CT molecular complexity index is 747. The fourth-order valence-corrected chi connectivity index (χ4v) is 4.96. The number of hydrogen-bond donors (Lipinski definition) is 3. The van der Waals surface area contributed by atoms with E-state index in [-0.39, 0.29) is 37.8 Å². The molecule has 0 radical (unpaired) electrons. The number of fused-ring (bicyclic) bond motifs is 2. The lowest BCUT2D eigenvalue weighted by Crippen LogP contribution is -2.28. The first-order valence-corrected chi connectivity index (χ1v) is 10.9.